The van der Waals surface area contributed by atoms with Gasteiger partial charge in [-0.3, -0.25) is 4.79 Å². The van der Waals surface area contributed by atoms with E-state index >= 15 is 0 Å². The van der Waals surface area contributed by atoms with Crippen LogP contribution in [-0.2, 0) is 11.0 Å². The van der Waals surface area contributed by atoms with Crippen molar-refractivity contribution in [3.63, 3.8) is 0 Å². The molecule has 0 aliphatic carbocycles. The summed E-state index contributed by atoms with van der Waals surface area (Å²) in [5, 5.41) is 7.85. The van der Waals surface area contributed by atoms with Crippen molar-refractivity contribution in [3.8, 4) is 5.13 Å². The van der Waals surface area contributed by atoms with Crippen molar-refractivity contribution in [2.75, 3.05) is 5.32 Å². The van der Waals surface area contributed by atoms with Gasteiger partial charge in [-0.25, -0.2) is 4.98 Å². The standard InChI is InChI=1S/C20H13F3N4OS/c21-20(22,23)12-7-5-11(6-8-12)13-9-17(28)26-18-14(13)10-24-27(18)19-25-15-3-1-2-4-16(15)29-19/h1-8,10,13H,9H2,(H,26,28)/t13-/m1/s1. The number of nitrogens with one attached hydrogen (secondary N) is 1. The Hall–Kier alpha value is -3.20. The molecule has 0 unspecified atom stereocenters. The van der Waals surface area contributed by atoms with E-state index in [1.54, 1.807) is 10.9 Å². The van der Waals surface area contributed by atoms with Crippen LogP contribution in [-0.4, -0.2) is 20.7 Å². The number of hydrogen-bond donors (Lipinski definition) is 1. The van der Waals surface area contributed by atoms with Crippen molar-refractivity contribution in [2.45, 2.75) is 18.5 Å². The maximum Gasteiger partial charge on any atom is 0.416 e. The number of anilines is 1. The predicted molar refractivity (Wildman–Crippen MR) is 103 cm³/mol. The fraction of sp³-hybridized carbons (Fsp3) is 0.150. The lowest BCUT2D eigenvalue weighted by atomic mass is 9.87. The minimum absolute atomic E-state index is 0.143. The predicted octanol–water partition coefficient (Wildman–Crippen LogP) is 4.97. The Labute approximate surface area is 166 Å². The van der Waals surface area contributed by atoms with Gasteiger partial charge in [0.2, 0.25) is 11.0 Å². The molecule has 5 nitrogen and oxygen atoms in total. The van der Waals surface area contributed by atoms with Crippen molar-refractivity contribution < 1.29 is 18.0 Å². The van der Waals surface area contributed by atoms with E-state index in [1.165, 1.54) is 23.5 Å². The van der Waals surface area contributed by atoms with E-state index in [0.717, 1.165) is 27.9 Å². The Morgan fingerprint density at radius 1 is 1.10 bits per heavy atom. The second-order valence-electron chi connectivity index (χ2n) is 6.75. The summed E-state index contributed by atoms with van der Waals surface area (Å²) in [7, 11) is 0. The number of hydrogen-bond acceptors (Lipinski definition) is 4. The molecule has 1 N–H and O–H groups in total. The fourth-order valence-corrected chi connectivity index (χ4v) is 4.45. The maximum absolute atomic E-state index is 12.9. The second kappa shape index (κ2) is 6.41. The highest BCUT2D eigenvalue weighted by Gasteiger charge is 2.33. The molecule has 5 rings (SSSR count). The summed E-state index contributed by atoms with van der Waals surface area (Å²) >= 11 is 1.44. The molecule has 146 valence electrons. The first-order chi connectivity index (χ1) is 13.9. The van der Waals surface area contributed by atoms with E-state index in [4.69, 9.17) is 0 Å². The number of rotatable bonds is 2. The molecule has 1 atom stereocenters. The molecule has 0 radical (unpaired) electrons. The molecule has 2 aromatic heterocycles. The molecule has 1 amide bonds. The molecule has 2 aromatic carbocycles. The number of amides is 1. The summed E-state index contributed by atoms with van der Waals surface area (Å²) in [4.78, 5) is 16.9. The molecule has 0 spiro atoms. The average Bonchev–Trinajstić information content (AvgIpc) is 3.30. The number of carbonyl (C=O) groups excluding carboxylic acids is 1. The quantitative estimate of drug-likeness (QED) is 0.504. The summed E-state index contributed by atoms with van der Waals surface area (Å²) < 4.78 is 41.1. The largest absolute Gasteiger partial charge is 0.416 e. The molecule has 1 aliphatic rings. The smallest absolute Gasteiger partial charge is 0.310 e. The Bertz CT molecular complexity index is 1190. The molecule has 0 saturated carbocycles. The van der Waals surface area contributed by atoms with Gasteiger partial charge in [0.05, 0.1) is 22.0 Å². The van der Waals surface area contributed by atoms with Crippen LogP contribution in [0.25, 0.3) is 15.3 Å². The molecule has 4 aromatic rings. The van der Waals surface area contributed by atoms with Gasteiger partial charge in [-0.05, 0) is 29.8 Å². The van der Waals surface area contributed by atoms with Gasteiger partial charge in [0, 0.05) is 17.9 Å². The summed E-state index contributed by atoms with van der Waals surface area (Å²) in [5.74, 6) is -0.0837. The van der Waals surface area contributed by atoms with Gasteiger partial charge < -0.3 is 5.32 Å². The van der Waals surface area contributed by atoms with Crippen molar-refractivity contribution >= 4 is 33.3 Å². The third-order valence-corrected chi connectivity index (χ3v) is 5.94. The van der Waals surface area contributed by atoms with Crippen LogP contribution in [0, 0.1) is 0 Å². The van der Waals surface area contributed by atoms with Crippen LogP contribution < -0.4 is 5.32 Å². The van der Waals surface area contributed by atoms with Crippen LogP contribution in [0.1, 0.15) is 29.0 Å². The number of para-hydroxylation sites is 1. The highest BCUT2D eigenvalue weighted by atomic mass is 32.1. The van der Waals surface area contributed by atoms with Crippen molar-refractivity contribution in [1.29, 1.82) is 0 Å². The van der Waals surface area contributed by atoms with Gasteiger partial charge >= 0.3 is 6.18 Å². The zero-order valence-corrected chi connectivity index (χ0v) is 15.6. The third kappa shape index (κ3) is 3.07. The minimum atomic E-state index is -4.40. The van der Waals surface area contributed by atoms with Gasteiger partial charge in [-0.2, -0.15) is 23.0 Å². The first-order valence-corrected chi connectivity index (χ1v) is 9.62. The normalized spacial score (nSPS) is 16.7. The lowest BCUT2D eigenvalue weighted by molar-refractivity contribution is -0.137. The highest BCUT2D eigenvalue weighted by molar-refractivity contribution is 7.20. The second-order valence-corrected chi connectivity index (χ2v) is 7.76. The van der Waals surface area contributed by atoms with Crippen LogP contribution in [0.4, 0.5) is 19.0 Å². The summed E-state index contributed by atoms with van der Waals surface area (Å²) in [5.41, 5.74) is 1.51. The van der Waals surface area contributed by atoms with Gasteiger partial charge in [-0.15, -0.1) is 0 Å². The van der Waals surface area contributed by atoms with Crippen LogP contribution in [0.2, 0.25) is 0 Å². The van der Waals surface area contributed by atoms with Crippen molar-refractivity contribution in [3.05, 3.63) is 71.4 Å². The van der Waals surface area contributed by atoms with Gasteiger partial charge in [0.1, 0.15) is 5.82 Å². The van der Waals surface area contributed by atoms with Crippen LogP contribution in [0.3, 0.4) is 0 Å². The Morgan fingerprint density at radius 3 is 2.59 bits per heavy atom. The number of thiazole rings is 1. The zero-order valence-electron chi connectivity index (χ0n) is 14.8. The molecule has 9 heteroatoms. The lowest BCUT2D eigenvalue weighted by Gasteiger charge is -2.23. The molecule has 0 bridgehead atoms. The SMILES string of the molecule is O=C1C[C@H](c2ccc(C(F)(F)F)cc2)c2cnn(-c3nc4ccccc4s3)c2N1. The average molecular weight is 414 g/mol. The van der Waals surface area contributed by atoms with Gasteiger partial charge in [0.15, 0.2) is 0 Å². The van der Waals surface area contributed by atoms with E-state index in [2.05, 4.69) is 15.4 Å². The minimum Gasteiger partial charge on any atom is -0.310 e. The van der Waals surface area contributed by atoms with Gasteiger partial charge in [0.25, 0.3) is 0 Å². The van der Waals surface area contributed by atoms with Gasteiger partial charge in [-0.1, -0.05) is 35.6 Å². The van der Waals surface area contributed by atoms with E-state index in [1.807, 2.05) is 24.3 Å². The van der Waals surface area contributed by atoms with E-state index in [-0.39, 0.29) is 18.2 Å². The molecule has 0 saturated heterocycles. The monoisotopic (exact) mass is 414 g/mol. The van der Waals surface area contributed by atoms with E-state index in [0.29, 0.717) is 16.5 Å². The Kier molecular flexibility index (Phi) is 3.95. The van der Waals surface area contributed by atoms with Crippen molar-refractivity contribution in [2.24, 2.45) is 0 Å². The highest BCUT2D eigenvalue weighted by Crippen LogP contribution is 2.40. The topological polar surface area (TPSA) is 59.8 Å². The first kappa shape index (κ1) is 17.9. The zero-order chi connectivity index (χ0) is 20.2. The Balaban J connectivity index is 1.56. The number of alkyl halides is 3. The number of halogens is 3. The fourth-order valence-electron chi connectivity index (χ4n) is 3.52. The first-order valence-electron chi connectivity index (χ1n) is 8.81. The summed E-state index contributed by atoms with van der Waals surface area (Å²) in [6, 6.07) is 12.6. The molecule has 1 aliphatic heterocycles. The maximum atomic E-state index is 12.9. The van der Waals surface area contributed by atoms with Crippen LogP contribution in [0.5, 0.6) is 0 Å². The number of benzene rings is 2. The van der Waals surface area contributed by atoms with Crippen LogP contribution >= 0.6 is 11.3 Å². The molecular formula is C20H13F3N4OS. The molecule has 3 heterocycles. The van der Waals surface area contributed by atoms with E-state index in [9.17, 15) is 18.0 Å². The van der Waals surface area contributed by atoms with E-state index < -0.39 is 11.7 Å². The number of carbonyl (C=O) groups is 1. The van der Waals surface area contributed by atoms with Crippen LogP contribution in [0.15, 0.2) is 54.7 Å². The number of aromatic nitrogens is 3. The third-order valence-electron chi connectivity index (χ3n) is 4.92. The Morgan fingerprint density at radius 2 is 1.86 bits per heavy atom. The molecule has 29 heavy (non-hydrogen) atoms. The summed E-state index contributed by atoms with van der Waals surface area (Å²) in [6.45, 7) is 0. The number of nitrogens with zero attached hydrogens (tertiary/aromatic N) is 3. The van der Waals surface area contributed by atoms with Crippen molar-refractivity contribution in [1.82, 2.24) is 14.8 Å². The number of fused-ring (bicyclic) bond motifs is 2. The molecule has 0 fully saturated rings. The summed E-state index contributed by atoms with van der Waals surface area (Å²) in [6.07, 6.45) is -2.61. The lowest BCUT2D eigenvalue weighted by Crippen LogP contribution is -2.24. The molecular weight excluding hydrogens is 401 g/mol.